The number of nitro benzene ring substituents is 1. The topological polar surface area (TPSA) is 110 Å². The van der Waals surface area contributed by atoms with Crippen molar-refractivity contribution in [3.8, 4) is 0 Å². The molecule has 1 atom stereocenters. The van der Waals surface area contributed by atoms with Crippen molar-refractivity contribution in [3.63, 3.8) is 0 Å². The van der Waals surface area contributed by atoms with Gasteiger partial charge < -0.3 is 10.4 Å². The number of nitrogens with one attached hydrogen (secondary N) is 1. The van der Waals surface area contributed by atoms with Crippen LogP contribution in [0.25, 0.3) is 0 Å². The number of amides is 1. The van der Waals surface area contributed by atoms with Crippen LogP contribution in [-0.4, -0.2) is 27.9 Å². The van der Waals surface area contributed by atoms with Crippen molar-refractivity contribution >= 4 is 33.5 Å². The second-order valence-electron chi connectivity index (χ2n) is 3.70. The van der Waals surface area contributed by atoms with E-state index in [0.29, 0.717) is 0 Å². The molecule has 1 aromatic rings. The van der Waals surface area contributed by atoms with E-state index in [-0.39, 0.29) is 22.1 Å². The first-order valence-corrected chi connectivity index (χ1v) is 6.13. The molecular weight excluding hydrogens is 320 g/mol. The minimum Gasteiger partial charge on any atom is -0.480 e. The third-order valence-corrected chi connectivity index (χ3v) is 3.09. The zero-order valence-corrected chi connectivity index (χ0v) is 11.5. The van der Waals surface area contributed by atoms with Gasteiger partial charge in [-0.05, 0) is 34.5 Å². The smallest absolute Gasteiger partial charge is 0.326 e. The summed E-state index contributed by atoms with van der Waals surface area (Å²) in [4.78, 5) is 32.7. The second kappa shape index (κ2) is 6.28. The zero-order valence-electron chi connectivity index (χ0n) is 9.92. The van der Waals surface area contributed by atoms with Gasteiger partial charge in [-0.3, -0.25) is 14.9 Å². The lowest BCUT2D eigenvalue weighted by Crippen LogP contribution is -2.40. The van der Waals surface area contributed by atoms with Crippen molar-refractivity contribution in [3.05, 3.63) is 38.3 Å². The Labute approximate surface area is 116 Å². The molecule has 0 aliphatic carbocycles. The SMILES string of the molecule is CCC(NC(=O)c1ccc(Br)c([N+](=O)[O-])c1)C(=O)O. The molecule has 8 heteroatoms. The zero-order chi connectivity index (χ0) is 14.6. The maximum absolute atomic E-state index is 11.8. The van der Waals surface area contributed by atoms with Crippen LogP contribution in [0.2, 0.25) is 0 Å². The number of benzene rings is 1. The van der Waals surface area contributed by atoms with Crippen molar-refractivity contribution in [2.24, 2.45) is 0 Å². The molecule has 0 aromatic heterocycles. The Morgan fingerprint density at radius 3 is 2.63 bits per heavy atom. The molecule has 2 N–H and O–H groups in total. The van der Waals surface area contributed by atoms with E-state index in [4.69, 9.17) is 5.11 Å². The van der Waals surface area contributed by atoms with Gasteiger partial charge in [-0.1, -0.05) is 6.92 Å². The third-order valence-electron chi connectivity index (χ3n) is 2.42. The van der Waals surface area contributed by atoms with E-state index in [1.165, 1.54) is 12.1 Å². The van der Waals surface area contributed by atoms with Crippen LogP contribution >= 0.6 is 15.9 Å². The number of nitrogens with zero attached hydrogens (tertiary/aromatic N) is 1. The minimum atomic E-state index is -1.15. The summed E-state index contributed by atoms with van der Waals surface area (Å²) in [6.07, 6.45) is 0.222. The van der Waals surface area contributed by atoms with Gasteiger partial charge in [-0.15, -0.1) is 0 Å². The molecule has 19 heavy (non-hydrogen) atoms. The van der Waals surface area contributed by atoms with Gasteiger partial charge in [0.1, 0.15) is 6.04 Å². The number of carbonyl (C=O) groups is 2. The molecule has 0 bridgehead atoms. The van der Waals surface area contributed by atoms with Crippen molar-refractivity contribution < 1.29 is 19.6 Å². The maximum Gasteiger partial charge on any atom is 0.326 e. The Bertz CT molecular complexity index is 532. The van der Waals surface area contributed by atoms with Crippen LogP contribution in [0.15, 0.2) is 22.7 Å². The van der Waals surface area contributed by atoms with Gasteiger partial charge in [0.15, 0.2) is 0 Å². The molecule has 102 valence electrons. The second-order valence-corrected chi connectivity index (χ2v) is 4.55. The molecule has 0 aliphatic rings. The summed E-state index contributed by atoms with van der Waals surface area (Å²) in [6, 6.07) is 2.82. The fraction of sp³-hybridized carbons (Fsp3) is 0.273. The van der Waals surface area contributed by atoms with E-state index in [1.54, 1.807) is 6.92 Å². The largest absolute Gasteiger partial charge is 0.480 e. The lowest BCUT2D eigenvalue weighted by Gasteiger charge is -2.12. The normalized spacial score (nSPS) is 11.7. The molecule has 0 aliphatic heterocycles. The summed E-state index contributed by atoms with van der Waals surface area (Å²) in [7, 11) is 0. The first-order valence-electron chi connectivity index (χ1n) is 5.34. The predicted octanol–water partition coefficient (Wildman–Crippen LogP) is 1.95. The van der Waals surface area contributed by atoms with Gasteiger partial charge in [0.05, 0.1) is 9.40 Å². The molecule has 0 fully saturated rings. The Morgan fingerprint density at radius 1 is 1.53 bits per heavy atom. The summed E-state index contributed by atoms with van der Waals surface area (Å²) in [5.74, 6) is -1.81. The highest BCUT2D eigenvalue weighted by molar-refractivity contribution is 9.10. The summed E-state index contributed by atoms with van der Waals surface area (Å²) in [5.41, 5.74) is -0.217. The molecule has 0 heterocycles. The van der Waals surface area contributed by atoms with Crippen LogP contribution in [0.5, 0.6) is 0 Å². The lowest BCUT2D eigenvalue weighted by molar-refractivity contribution is -0.385. The molecule has 1 unspecified atom stereocenters. The molecule has 1 rings (SSSR count). The summed E-state index contributed by atoms with van der Waals surface area (Å²) in [6.45, 7) is 1.61. The van der Waals surface area contributed by atoms with Gasteiger partial charge in [0.25, 0.3) is 11.6 Å². The third kappa shape index (κ3) is 3.75. The Hall–Kier alpha value is -1.96. The number of carbonyl (C=O) groups excluding carboxylic acids is 1. The molecule has 1 aromatic carbocycles. The van der Waals surface area contributed by atoms with Crippen molar-refractivity contribution in [1.82, 2.24) is 5.32 Å². The summed E-state index contributed by atoms with van der Waals surface area (Å²) < 4.78 is 0.249. The molecule has 0 radical (unpaired) electrons. The van der Waals surface area contributed by atoms with Crippen LogP contribution in [-0.2, 0) is 4.79 Å². The average Bonchev–Trinajstić information content (AvgIpc) is 2.35. The Morgan fingerprint density at radius 2 is 2.16 bits per heavy atom. The molecule has 0 saturated heterocycles. The van der Waals surface area contributed by atoms with Crippen LogP contribution in [0.3, 0.4) is 0 Å². The molecular formula is C11H11BrN2O5. The molecule has 7 nitrogen and oxygen atoms in total. The fourth-order valence-corrected chi connectivity index (χ4v) is 1.77. The lowest BCUT2D eigenvalue weighted by atomic mass is 10.1. The van der Waals surface area contributed by atoms with Crippen LogP contribution in [0.1, 0.15) is 23.7 Å². The summed E-state index contributed by atoms with van der Waals surface area (Å²) in [5, 5.41) is 21.9. The number of rotatable bonds is 5. The van der Waals surface area contributed by atoms with Gasteiger partial charge in [-0.2, -0.15) is 0 Å². The fourth-order valence-electron chi connectivity index (χ4n) is 1.37. The van der Waals surface area contributed by atoms with Gasteiger partial charge in [-0.25, -0.2) is 4.79 Å². The average molecular weight is 331 g/mol. The highest BCUT2D eigenvalue weighted by Gasteiger charge is 2.21. The molecule has 0 spiro atoms. The maximum atomic E-state index is 11.8. The van der Waals surface area contributed by atoms with Crippen molar-refractivity contribution in [2.75, 3.05) is 0 Å². The number of halogens is 1. The van der Waals surface area contributed by atoms with E-state index >= 15 is 0 Å². The van der Waals surface area contributed by atoms with Crippen molar-refractivity contribution in [1.29, 1.82) is 0 Å². The molecule has 1 amide bonds. The number of hydrogen-bond acceptors (Lipinski definition) is 4. The van der Waals surface area contributed by atoms with Gasteiger partial charge >= 0.3 is 5.97 Å². The van der Waals surface area contributed by atoms with Gasteiger partial charge in [0, 0.05) is 11.6 Å². The van der Waals surface area contributed by atoms with E-state index in [1.807, 2.05) is 0 Å². The first-order chi connectivity index (χ1) is 8.86. The first kappa shape index (κ1) is 15.1. The van der Waals surface area contributed by atoms with Gasteiger partial charge in [0.2, 0.25) is 0 Å². The molecule has 0 saturated carbocycles. The van der Waals surface area contributed by atoms with Crippen LogP contribution in [0.4, 0.5) is 5.69 Å². The number of carboxylic acids is 1. The van der Waals surface area contributed by atoms with Crippen molar-refractivity contribution in [2.45, 2.75) is 19.4 Å². The van der Waals surface area contributed by atoms with E-state index in [9.17, 15) is 19.7 Å². The monoisotopic (exact) mass is 330 g/mol. The minimum absolute atomic E-state index is 0.0367. The standard InChI is InChI=1S/C11H11BrN2O5/c1-2-8(11(16)17)13-10(15)6-3-4-7(12)9(5-6)14(18)19/h3-5,8H,2H2,1H3,(H,13,15)(H,16,17). The highest BCUT2D eigenvalue weighted by Crippen LogP contribution is 2.25. The van der Waals surface area contributed by atoms with E-state index in [2.05, 4.69) is 21.2 Å². The van der Waals surface area contributed by atoms with Crippen LogP contribution < -0.4 is 5.32 Å². The summed E-state index contributed by atoms with van der Waals surface area (Å²) >= 11 is 3.00. The highest BCUT2D eigenvalue weighted by atomic mass is 79.9. The predicted molar refractivity (Wildman–Crippen MR) is 70.0 cm³/mol. The quantitative estimate of drug-likeness (QED) is 0.633. The van der Waals surface area contributed by atoms with Crippen LogP contribution in [0, 0.1) is 10.1 Å². The Kier molecular flexibility index (Phi) is 4.99. The number of aliphatic carboxylic acids is 1. The Balaban J connectivity index is 2.97. The number of hydrogen-bond donors (Lipinski definition) is 2. The number of nitro groups is 1. The van der Waals surface area contributed by atoms with E-state index in [0.717, 1.165) is 6.07 Å². The van der Waals surface area contributed by atoms with E-state index < -0.39 is 22.8 Å². The number of carboxylic acid groups (broad SMARTS) is 1.